The fourth-order valence-electron chi connectivity index (χ4n) is 2.67. The Morgan fingerprint density at radius 2 is 1.72 bits per heavy atom. The fraction of sp³-hybridized carbons (Fsp3) is 0.136. The van der Waals surface area contributed by atoms with Crippen molar-refractivity contribution in [3.63, 3.8) is 0 Å². The molecule has 0 fully saturated rings. The van der Waals surface area contributed by atoms with Crippen molar-refractivity contribution in [1.29, 1.82) is 0 Å². The van der Waals surface area contributed by atoms with E-state index in [9.17, 15) is 22.2 Å². The molecular weight excluding hydrogens is 401 g/mol. The molecular formula is C22H17F3O3S. The van der Waals surface area contributed by atoms with Crippen LogP contribution in [0.25, 0.3) is 11.1 Å². The van der Waals surface area contributed by atoms with Gasteiger partial charge in [0, 0.05) is 22.9 Å². The third-order valence-electron chi connectivity index (χ3n) is 3.92. The monoisotopic (exact) mass is 422 g/mol. The number of hydrogen-bond donors (Lipinski definition) is 0. The maximum Gasteiger partial charge on any atom is 0.417 e. The molecule has 0 aliphatic carbocycles. The van der Waals surface area contributed by atoms with Gasteiger partial charge in [0.2, 0.25) is 0 Å². The highest BCUT2D eigenvalue weighted by atomic mass is 32.2. The van der Waals surface area contributed by atoms with Gasteiger partial charge in [-0.3, -0.25) is 4.79 Å². The average Bonchev–Trinajstić information content (AvgIpc) is 2.75. The SMILES string of the molecule is [2H]c1c([2H])c([2H])c(-c2c(S(=O)c3ccc(C)cc3)cccc2C(F)(F)F)c(OC(C)=O)c1[2H]. The minimum Gasteiger partial charge on any atom is -0.426 e. The first-order valence-corrected chi connectivity index (χ1v) is 9.47. The Bertz CT molecular complexity index is 1280. The van der Waals surface area contributed by atoms with E-state index in [-0.39, 0.29) is 9.79 Å². The van der Waals surface area contributed by atoms with E-state index in [2.05, 4.69) is 0 Å². The van der Waals surface area contributed by atoms with Crippen LogP contribution in [0.5, 0.6) is 5.75 Å². The van der Waals surface area contributed by atoms with Gasteiger partial charge in [0.15, 0.2) is 0 Å². The number of para-hydroxylation sites is 1. The number of aryl methyl sites for hydroxylation is 1. The minimum atomic E-state index is -4.97. The lowest BCUT2D eigenvalue weighted by atomic mass is 9.98. The quantitative estimate of drug-likeness (QED) is 0.396. The third kappa shape index (κ3) is 4.56. The Balaban J connectivity index is 2.48. The van der Waals surface area contributed by atoms with Crippen LogP contribution in [-0.4, -0.2) is 10.2 Å². The van der Waals surface area contributed by atoms with E-state index in [1.54, 1.807) is 19.1 Å². The first kappa shape index (κ1) is 15.9. The maximum atomic E-state index is 14.0. The molecule has 0 saturated carbocycles. The van der Waals surface area contributed by atoms with Gasteiger partial charge in [0.1, 0.15) is 5.75 Å². The molecule has 3 nitrogen and oxygen atoms in total. The lowest BCUT2D eigenvalue weighted by Crippen LogP contribution is -2.11. The molecule has 0 spiro atoms. The first-order valence-electron chi connectivity index (χ1n) is 10.3. The number of rotatable bonds is 4. The highest BCUT2D eigenvalue weighted by Gasteiger charge is 2.36. The van der Waals surface area contributed by atoms with Gasteiger partial charge in [-0.1, -0.05) is 41.9 Å². The Morgan fingerprint density at radius 1 is 1.07 bits per heavy atom. The standard InChI is InChI=1S/C22H17F3O3S/c1-14-10-12-16(13-11-14)29(27)20-9-5-7-18(22(23,24)25)21(20)17-6-3-4-8-19(17)28-15(2)26/h3-13H,1-2H3/i3D,4D,6D,8D. The molecule has 7 heteroatoms. The summed E-state index contributed by atoms with van der Waals surface area (Å²) in [6.45, 7) is 2.74. The van der Waals surface area contributed by atoms with Crippen LogP contribution in [0.2, 0.25) is 0 Å². The summed E-state index contributed by atoms with van der Waals surface area (Å²) in [5, 5.41) is 0. The second-order valence-electron chi connectivity index (χ2n) is 6.06. The van der Waals surface area contributed by atoms with Crippen molar-refractivity contribution >= 4 is 16.8 Å². The summed E-state index contributed by atoms with van der Waals surface area (Å²) in [5.74, 6) is -1.76. The van der Waals surface area contributed by atoms with Gasteiger partial charge in [0.05, 0.1) is 26.7 Å². The molecule has 3 aromatic rings. The predicted molar refractivity (Wildman–Crippen MR) is 104 cm³/mol. The lowest BCUT2D eigenvalue weighted by molar-refractivity contribution is -0.137. The third-order valence-corrected chi connectivity index (χ3v) is 5.36. The molecule has 0 aliphatic rings. The smallest absolute Gasteiger partial charge is 0.417 e. The van der Waals surface area contributed by atoms with E-state index in [0.29, 0.717) is 6.07 Å². The highest BCUT2D eigenvalue weighted by molar-refractivity contribution is 7.85. The van der Waals surface area contributed by atoms with Crippen molar-refractivity contribution in [2.75, 3.05) is 0 Å². The normalized spacial score (nSPS) is 14.4. The summed E-state index contributed by atoms with van der Waals surface area (Å²) in [6, 6.07) is 5.91. The van der Waals surface area contributed by atoms with Crippen LogP contribution < -0.4 is 4.74 Å². The molecule has 0 aliphatic heterocycles. The molecule has 0 bridgehead atoms. The van der Waals surface area contributed by atoms with E-state index >= 15 is 0 Å². The highest BCUT2D eigenvalue weighted by Crippen LogP contribution is 2.44. The van der Waals surface area contributed by atoms with Crippen molar-refractivity contribution in [3.05, 3.63) is 77.8 Å². The fourth-order valence-corrected chi connectivity index (χ4v) is 3.90. The zero-order valence-electron chi connectivity index (χ0n) is 19.3. The summed E-state index contributed by atoms with van der Waals surface area (Å²) in [7, 11) is -2.15. The zero-order valence-corrected chi connectivity index (χ0v) is 16.1. The lowest BCUT2D eigenvalue weighted by Gasteiger charge is -2.19. The molecule has 0 saturated heterocycles. The van der Waals surface area contributed by atoms with Crippen molar-refractivity contribution < 1.29 is 32.4 Å². The predicted octanol–water partition coefficient (Wildman–Crippen LogP) is 5.77. The molecule has 0 aromatic heterocycles. The van der Waals surface area contributed by atoms with Gasteiger partial charge in [-0.25, -0.2) is 4.21 Å². The number of esters is 1. The van der Waals surface area contributed by atoms with Crippen LogP contribution in [0.15, 0.2) is 76.4 Å². The van der Waals surface area contributed by atoms with Gasteiger partial charge < -0.3 is 4.74 Å². The van der Waals surface area contributed by atoms with Crippen molar-refractivity contribution in [2.45, 2.75) is 29.8 Å². The Hall–Kier alpha value is -2.93. The maximum absolute atomic E-state index is 14.0. The molecule has 0 radical (unpaired) electrons. The van der Waals surface area contributed by atoms with Crippen molar-refractivity contribution in [1.82, 2.24) is 0 Å². The molecule has 0 amide bonds. The van der Waals surface area contributed by atoms with Crippen LogP contribution in [0.3, 0.4) is 0 Å². The molecule has 3 aromatic carbocycles. The Morgan fingerprint density at radius 3 is 2.34 bits per heavy atom. The minimum absolute atomic E-state index is 0.191. The van der Waals surface area contributed by atoms with Crippen molar-refractivity contribution in [2.24, 2.45) is 0 Å². The number of alkyl halides is 3. The van der Waals surface area contributed by atoms with E-state index in [0.717, 1.165) is 18.6 Å². The van der Waals surface area contributed by atoms with Gasteiger partial charge in [-0.05, 0) is 37.2 Å². The average molecular weight is 422 g/mol. The van der Waals surface area contributed by atoms with Crippen molar-refractivity contribution in [3.8, 4) is 16.9 Å². The molecule has 29 heavy (non-hydrogen) atoms. The van der Waals surface area contributed by atoms with Crippen LogP contribution in [0, 0.1) is 6.92 Å². The Kier molecular flexibility index (Phi) is 4.51. The van der Waals surface area contributed by atoms with E-state index < -0.39 is 69.6 Å². The molecule has 0 heterocycles. The summed E-state index contributed by atoms with van der Waals surface area (Å²) < 4.78 is 92.6. The van der Waals surface area contributed by atoms with E-state index in [4.69, 9.17) is 10.2 Å². The van der Waals surface area contributed by atoms with Gasteiger partial charge in [-0.15, -0.1) is 0 Å². The van der Waals surface area contributed by atoms with Crippen LogP contribution in [-0.2, 0) is 21.8 Å². The molecule has 1 unspecified atom stereocenters. The van der Waals surface area contributed by atoms with Crippen LogP contribution in [0.4, 0.5) is 13.2 Å². The second kappa shape index (κ2) is 8.21. The zero-order chi connectivity index (χ0) is 24.7. The van der Waals surface area contributed by atoms with Crippen LogP contribution in [0.1, 0.15) is 23.5 Å². The summed E-state index contributed by atoms with van der Waals surface area (Å²) in [5.41, 5.74) is -1.88. The largest absolute Gasteiger partial charge is 0.426 e. The number of carbonyl (C=O) groups is 1. The summed E-state index contributed by atoms with van der Waals surface area (Å²) in [4.78, 5) is 11.5. The van der Waals surface area contributed by atoms with E-state index in [1.165, 1.54) is 18.2 Å². The topological polar surface area (TPSA) is 43.4 Å². The summed E-state index contributed by atoms with van der Waals surface area (Å²) in [6.07, 6.45) is -4.97. The van der Waals surface area contributed by atoms with E-state index in [1.807, 2.05) is 0 Å². The second-order valence-corrected chi connectivity index (χ2v) is 7.50. The molecule has 1 atom stereocenters. The number of ether oxygens (including phenoxy) is 1. The van der Waals surface area contributed by atoms with Crippen LogP contribution >= 0.6 is 0 Å². The van der Waals surface area contributed by atoms with Gasteiger partial charge in [-0.2, -0.15) is 13.2 Å². The number of benzene rings is 3. The Labute approximate surface area is 174 Å². The number of halogens is 3. The molecule has 150 valence electrons. The van der Waals surface area contributed by atoms with Gasteiger partial charge in [0.25, 0.3) is 0 Å². The molecule has 0 N–H and O–H groups in total. The number of carbonyl (C=O) groups excluding carboxylic acids is 1. The number of hydrogen-bond acceptors (Lipinski definition) is 3. The van der Waals surface area contributed by atoms with Gasteiger partial charge >= 0.3 is 12.1 Å². The summed E-state index contributed by atoms with van der Waals surface area (Å²) >= 11 is 0. The first-order chi connectivity index (χ1) is 15.3. The molecule has 3 rings (SSSR count).